The number of hydrogen-bond donors (Lipinski definition) is 0. The fourth-order valence-corrected chi connectivity index (χ4v) is 3.10. The lowest BCUT2D eigenvalue weighted by Gasteiger charge is -2.10. The van der Waals surface area contributed by atoms with Crippen molar-refractivity contribution in [1.82, 2.24) is 0 Å². The number of alkyl halides is 3. The molecule has 0 amide bonds. The fourth-order valence-electron chi connectivity index (χ4n) is 3.10. The van der Waals surface area contributed by atoms with Crippen molar-refractivity contribution in [3.8, 4) is 11.3 Å². The van der Waals surface area contributed by atoms with Crippen LogP contribution in [0.5, 0.6) is 0 Å². The molecule has 0 unspecified atom stereocenters. The molecule has 0 bridgehead atoms. The van der Waals surface area contributed by atoms with Gasteiger partial charge in [-0.1, -0.05) is 48.5 Å². The van der Waals surface area contributed by atoms with Crippen LogP contribution >= 0.6 is 0 Å². The maximum atomic E-state index is 14.0. The van der Waals surface area contributed by atoms with E-state index in [4.69, 9.17) is 13.0 Å². The monoisotopic (exact) mass is 437 g/mol. The minimum Gasteiger partial charge on any atom is -0.741 e. The lowest BCUT2D eigenvalue weighted by molar-refractivity contribution is -0.689. The Kier molecular flexibility index (Phi) is 5.78. The van der Waals surface area contributed by atoms with Gasteiger partial charge in [0.1, 0.15) is 7.05 Å². The Hall–Kier alpha value is -3.04. The molecule has 0 radical (unpaired) electrons. The van der Waals surface area contributed by atoms with Crippen LogP contribution in [0.15, 0.2) is 72.8 Å². The quantitative estimate of drug-likeness (QED) is 0.109. The first-order chi connectivity index (χ1) is 14.0. The summed E-state index contributed by atoms with van der Waals surface area (Å²) < 4.78 is 74.5. The third-order valence-electron chi connectivity index (χ3n) is 4.48. The van der Waals surface area contributed by atoms with E-state index < -0.39 is 15.6 Å². The summed E-state index contributed by atoms with van der Waals surface area (Å²) in [6.07, 6.45) is 0. The molecule has 1 aromatic heterocycles. The van der Waals surface area contributed by atoms with Crippen LogP contribution in [-0.4, -0.2) is 18.5 Å². The molecule has 0 aliphatic carbocycles. The maximum absolute atomic E-state index is 14.0. The molecule has 0 saturated carbocycles. The molecule has 0 aliphatic heterocycles. The van der Waals surface area contributed by atoms with E-state index >= 15 is 0 Å². The van der Waals surface area contributed by atoms with Gasteiger partial charge >= 0.3 is 11.5 Å². The van der Waals surface area contributed by atoms with E-state index in [1.807, 2.05) is 30.3 Å². The molecule has 0 aliphatic rings. The molecule has 4 nitrogen and oxygen atoms in total. The zero-order chi connectivity index (χ0) is 22.1. The molecule has 0 fully saturated rings. The van der Waals surface area contributed by atoms with Crippen molar-refractivity contribution >= 4 is 31.7 Å². The maximum Gasteiger partial charge on any atom is 0.485 e. The molecule has 0 N–H and O–H groups in total. The SMILES string of the molecule is C[n+]1c(F)cccc1-c1c2ccccc2cc2ccccc12.O=S(=O)([O-])C(F)(F)F. The summed E-state index contributed by atoms with van der Waals surface area (Å²) in [6, 6.07) is 23.9. The van der Waals surface area contributed by atoms with Gasteiger partial charge in [-0.25, -0.2) is 8.42 Å². The summed E-state index contributed by atoms with van der Waals surface area (Å²) in [7, 11) is -4.33. The number of nitrogens with zero attached hydrogens (tertiary/aromatic N) is 1. The van der Waals surface area contributed by atoms with Gasteiger partial charge in [0.2, 0.25) is 5.69 Å². The molecule has 3 aromatic carbocycles. The number of halogens is 4. The van der Waals surface area contributed by atoms with Crippen molar-refractivity contribution in [3.05, 3.63) is 78.7 Å². The molecular formula is C21H15F4NO3S. The molecule has 156 valence electrons. The second-order valence-electron chi connectivity index (χ2n) is 6.39. The predicted molar refractivity (Wildman–Crippen MR) is 104 cm³/mol. The Morgan fingerprint density at radius 1 is 0.833 bits per heavy atom. The van der Waals surface area contributed by atoms with Gasteiger partial charge in [-0.3, -0.25) is 0 Å². The first kappa shape index (κ1) is 21.7. The van der Waals surface area contributed by atoms with Crippen molar-refractivity contribution in [2.45, 2.75) is 5.51 Å². The van der Waals surface area contributed by atoms with Gasteiger partial charge in [-0.05, 0) is 33.7 Å². The molecule has 1 heterocycles. The predicted octanol–water partition coefficient (Wildman–Crippen LogP) is 4.68. The van der Waals surface area contributed by atoms with Crippen molar-refractivity contribution in [2.75, 3.05) is 0 Å². The van der Waals surface area contributed by atoms with Gasteiger partial charge in [0.15, 0.2) is 10.1 Å². The van der Waals surface area contributed by atoms with Gasteiger partial charge in [0.05, 0.1) is 5.56 Å². The number of benzene rings is 3. The average Bonchev–Trinajstić information content (AvgIpc) is 2.67. The van der Waals surface area contributed by atoms with E-state index in [1.165, 1.54) is 16.8 Å². The first-order valence-electron chi connectivity index (χ1n) is 8.58. The van der Waals surface area contributed by atoms with Crippen molar-refractivity contribution < 1.29 is 35.1 Å². The number of rotatable bonds is 1. The molecule has 4 rings (SSSR count). The smallest absolute Gasteiger partial charge is 0.485 e. The van der Waals surface area contributed by atoms with Crippen molar-refractivity contribution in [2.24, 2.45) is 7.05 Å². The summed E-state index contributed by atoms with van der Waals surface area (Å²) >= 11 is 0. The Morgan fingerprint density at radius 2 is 1.30 bits per heavy atom. The van der Waals surface area contributed by atoms with Crippen LogP contribution in [-0.2, 0) is 17.2 Å². The molecular weight excluding hydrogens is 422 g/mol. The van der Waals surface area contributed by atoms with Gasteiger partial charge in [-0.15, -0.1) is 4.39 Å². The highest BCUT2D eigenvalue weighted by Gasteiger charge is 2.36. The minimum atomic E-state index is -6.09. The molecule has 0 saturated heterocycles. The first-order valence-corrected chi connectivity index (χ1v) is 9.99. The van der Waals surface area contributed by atoms with Gasteiger partial charge < -0.3 is 4.55 Å². The highest BCUT2D eigenvalue weighted by atomic mass is 32.2. The van der Waals surface area contributed by atoms with Crippen LogP contribution in [0.4, 0.5) is 17.6 Å². The number of pyridine rings is 1. The molecule has 0 atom stereocenters. The topological polar surface area (TPSA) is 61.1 Å². The van der Waals surface area contributed by atoms with Crippen LogP contribution < -0.4 is 4.57 Å². The van der Waals surface area contributed by atoms with Crippen LogP contribution in [0.2, 0.25) is 0 Å². The van der Waals surface area contributed by atoms with Gasteiger partial charge in [0, 0.05) is 12.1 Å². The Labute approximate surface area is 169 Å². The normalized spacial score (nSPS) is 11.9. The zero-order valence-corrected chi connectivity index (χ0v) is 16.3. The van der Waals surface area contributed by atoms with E-state index in [9.17, 15) is 17.6 Å². The molecule has 9 heteroatoms. The number of fused-ring (bicyclic) bond motifs is 2. The van der Waals surface area contributed by atoms with E-state index in [1.54, 1.807) is 17.7 Å². The van der Waals surface area contributed by atoms with Crippen molar-refractivity contribution in [1.29, 1.82) is 0 Å². The van der Waals surface area contributed by atoms with Crippen LogP contribution in [0.25, 0.3) is 32.8 Å². The Bertz CT molecular complexity index is 1280. The van der Waals surface area contributed by atoms with Crippen LogP contribution in [0.1, 0.15) is 0 Å². The van der Waals surface area contributed by atoms with Gasteiger partial charge in [0.25, 0.3) is 0 Å². The third-order valence-corrected chi connectivity index (χ3v) is 5.05. The van der Waals surface area contributed by atoms with E-state index in [0.29, 0.717) is 0 Å². The number of hydrogen-bond acceptors (Lipinski definition) is 3. The second-order valence-corrected chi connectivity index (χ2v) is 7.76. The Morgan fingerprint density at radius 3 is 1.77 bits per heavy atom. The summed E-state index contributed by atoms with van der Waals surface area (Å²) in [5, 5.41) is 4.62. The average molecular weight is 437 g/mol. The Balaban J connectivity index is 0.000000275. The minimum absolute atomic E-state index is 0.241. The van der Waals surface area contributed by atoms with Crippen LogP contribution in [0, 0.1) is 5.95 Å². The lowest BCUT2D eigenvalue weighted by Crippen LogP contribution is -2.35. The molecule has 4 aromatic rings. The molecule has 30 heavy (non-hydrogen) atoms. The molecule has 0 spiro atoms. The van der Waals surface area contributed by atoms with Crippen LogP contribution in [0.3, 0.4) is 0 Å². The van der Waals surface area contributed by atoms with E-state index in [-0.39, 0.29) is 5.95 Å². The standard InChI is InChI=1S/C20H15FN.CHF3O3S/c1-22-18(11-6-12-19(22)21)20-16-9-4-2-7-14(16)13-15-8-3-5-10-17(15)20;2-1(3,4)8(5,6)7/h2-13H,1H3;(H,5,6,7)/q+1;/p-1. The largest absolute Gasteiger partial charge is 0.741 e. The summed E-state index contributed by atoms with van der Waals surface area (Å²) in [4.78, 5) is 0. The highest BCUT2D eigenvalue weighted by Crippen LogP contribution is 2.34. The lowest BCUT2D eigenvalue weighted by atomic mass is 9.94. The highest BCUT2D eigenvalue weighted by molar-refractivity contribution is 7.86. The second kappa shape index (κ2) is 8.00. The summed E-state index contributed by atoms with van der Waals surface area (Å²) in [6.45, 7) is 0. The zero-order valence-electron chi connectivity index (χ0n) is 15.5. The van der Waals surface area contributed by atoms with Crippen molar-refractivity contribution in [3.63, 3.8) is 0 Å². The van der Waals surface area contributed by atoms with Gasteiger partial charge in [-0.2, -0.15) is 17.7 Å². The number of aromatic nitrogens is 1. The third kappa shape index (κ3) is 4.27. The summed E-state index contributed by atoms with van der Waals surface area (Å²) in [5.41, 5.74) is -3.68. The van der Waals surface area contributed by atoms with E-state index in [2.05, 4.69) is 30.3 Å². The van der Waals surface area contributed by atoms with E-state index in [0.717, 1.165) is 22.0 Å². The fraction of sp³-hybridized carbons (Fsp3) is 0.0952. The summed E-state index contributed by atoms with van der Waals surface area (Å²) in [5.74, 6) is -0.241.